The van der Waals surface area contributed by atoms with E-state index in [1.807, 2.05) is 50.2 Å². The van der Waals surface area contributed by atoms with Gasteiger partial charge < -0.3 is 30.6 Å². The number of benzene rings is 2. The Bertz CT molecular complexity index is 876. The maximum atomic E-state index is 10.9. The topological polar surface area (TPSA) is 107 Å². The van der Waals surface area contributed by atoms with Gasteiger partial charge in [-0.15, -0.1) is 24.0 Å². The molecule has 1 atom stereocenters. The minimum absolute atomic E-state index is 0. The summed E-state index contributed by atoms with van der Waals surface area (Å²) in [6, 6.07) is 13.0. The summed E-state index contributed by atoms with van der Waals surface area (Å²) in [4.78, 5) is 15.6. The molecule has 2 aromatic rings. The fourth-order valence-corrected chi connectivity index (χ4v) is 2.84. The molecule has 0 fully saturated rings. The Labute approximate surface area is 200 Å². The first-order valence-electron chi connectivity index (χ1n) is 9.73. The number of primary amides is 1. The second-order valence-corrected chi connectivity index (χ2v) is 6.57. The summed E-state index contributed by atoms with van der Waals surface area (Å²) in [5, 5.41) is 6.64. The van der Waals surface area contributed by atoms with Crippen LogP contribution in [0.3, 0.4) is 0 Å². The first-order valence-corrected chi connectivity index (χ1v) is 9.73. The Balaban J connectivity index is 0.00000480. The molecule has 0 radical (unpaired) electrons. The largest absolute Gasteiger partial charge is 0.497 e. The Hall–Kier alpha value is -2.69. The zero-order chi connectivity index (χ0) is 21.9. The number of aliphatic imine (C=N–C) groups is 1. The van der Waals surface area contributed by atoms with Gasteiger partial charge in [-0.25, -0.2) is 4.99 Å². The third-order valence-electron chi connectivity index (χ3n) is 4.30. The number of methoxy groups -OCH3 is 2. The van der Waals surface area contributed by atoms with E-state index in [0.717, 1.165) is 29.2 Å². The number of hydrogen-bond donors (Lipinski definition) is 3. The standard InChI is InChI=1S/C22H30N4O4.HI/c1-5-24-22(25-13-16-7-6-8-18(11-16)30-14-21(23)27)26-15(2)19-12-17(28-3)9-10-20(19)29-4;/h6-12,15H,5,13-14H2,1-4H3,(H2,23,27)(H2,24,25,26);1H. The summed E-state index contributed by atoms with van der Waals surface area (Å²) < 4.78 is 16.2. The number of ether oxygens (including phenoxy) is 3. The van der Waals surface area contributed by atoms with Crippen molar-refractivity contribution < 1.29 is 19.0 Å². The van der Waals surface area contributed by atoms with Gasteiger partial charge in [0.25, 0.3) is 5.91 Å². The van der Waals surface area contributed by atoms with Crippen molar-refractivity contribution in [1.82, 2.24) is 10.6 Å². The van der Waals surface area contributed by atoms with Gasteiger partial charge in [0, 0.05) is 12.1 Å². The molecule has 0 spiro atoms. The fraction of sp³-hybridized carbons (Fsp3) is 0.364. The van der Waals surface area contributed by atoms with Crippen molar-refractivity contribution in [3.63, 3.8) is 0 Å². The van der Waals surface area contributed by atoms with E-state index in [9.17, 15) is 4.79 Å². The number of carbonyl (C=O) groups is 1. The average molecular weight is 542 g/mol. The van der Waals surface area contributed by atoms with E-state index in [4.69, 9.17) is 19.9 Å². The highest BCUT2D eigenvalue weighted by Crippen LogP contribution is 2.29. The predicted molar refractivity (Wildman–Crippen MR) is 132 cm³/mol. The maximum Gasteiger partial charge on any atom is 0.255 e. The number of nitrogens with two attached hydrogens (primary N) is 1. The fourth-order valence-electron chi connectivity index (χ4n) is 2.84. The van der Waals surface area contributed by atoms with Crippen molar-refractivity contribution in [2.75, 3.05) is 27.4 Å². The van der Waals surface area contributed by atoms with Crippen LogP contribution < -0.4 is 30.6 Å². The molecule has 8 nitrogen and oxygen atoms in total. The van der Waals surface area contributed by atoms with Crippen molar-refractivity contribution in [2.24, 2.45) is 10.7 Å². The molecule has 0 aliphatic rings. The molecular weight excluding hydrogens is 511 g/mol. The van der Waals surface area contributed by atoms with Gasteiger partial charge >= 0.3 is 0 Å². The number of halogens is 1. The smallest absolute Gasteiger partial charge is 0.255 e. The van der Waals surface area contributed by atoms with Crippen molar-refractivity contribution in [1.29, 1.82) is 0 Å². The second kappa shape index (κ2) is 13.6. The lowest BCUT2D eigenvalue weighted by molar-refractivity contribution is -0.119. The summed E-state index contributed by atoms with van der Waals surface area (Å²) in [6.07, 6.45) is 0. The minimum Gasteiger partial charge on any atom is -0.497 e. The monoisotopic (exact) mass is 542 g/mol. The summed E-state index contributed by atoms with van der Waals surface area (Å²) in [5.41, 5.74) is 7.03. The minimum atomic E-state index is -0.515. The van der Waals surface area contributed by atoms with Crippen LogP contribution in [0.5, 0.6) is 17.2 Å². The molecule has 1 amide bonds. The van der Waals surface area contributed by atoms with Crippen LogP contribution in [0, 0.1) is 0 Å². The Morgan fingerprint density at radius 2 is 1.90 bits per heavy atom. The molecular formula is C22H31IN4O4. The van der Waals surface area contributed by atoms with Crippen LogP contribution in [0.1, 0.15) is 31.0 Å². The van der Waals surface area contributed by atoms with E-state index < -0.39 is 5.91 Å². The number of hydrogen-bond acceptors (Lipinski definition) is 5. The Morgan fingerprint density at radius 3 is 2.55 bits per heavy atom. The van der Waals surface area contributed by atoms with E-state index in [1.165, 1.54) is 0 Å². The summed E-state index contributed by atoms with van der Waals surface area (Å²) in [5.74, 6) is 2.26. The molecule has 9 heteroatoms. The van der Waals surface area contributed by atoms with Crippen molar-refractivity contribution in [3.8, 4) is 17.2 Å². The number of nitrogens with one attached hydrogen (secondary N) is 2. The summed E-state index contributed by atoms with van der Waals surface area (Å²) in [6.45, 7) is 5.03. The molecule has 0 saturated heterocycles. The van der Waals surface area contributed by atoms with Crippen LogP contribution in [0.25, 0.3) is 0 Å². The molecule has 170 valence electrons. The molecule has 0 bridgehead atoms. The van der Waals surface area contributed by atoms with Gasteiger partial charge in [-0.05, 0) is 49.7 Å². The van der Waals surface area contributed by atoms with Gasteiger partial charge in [-0.2, -0.15) is 0 Å². The molecule has 0 aliphatic carbocycles. The maximum absolute atomic E-state index is 10.9. The van der Waals surface area contributed by atoms with E-state index >= 15 is 0 Å². The summed E-state index contributed by atoms with van der Waals surface area (Å²) >= 11 is 0. The molecule has 0 saturated carbocycles. The van der Waals surface area contributed by atoms with Gasteiger partial charge in [0.15, 0.2) is 12.6 Å². The molecule has 2 rings (SSSR count). The van der Waals surface area contributed by atoms with Crippen LogP contribution in [-0.4, -0.2) is 39.2 Å². The van der Waals surface area contributed by atoms with Crippen LogP contribution in [-0.2, 0) is 11.3 Å². The molecule has 31 heavy (non-hydrogen) atoms. The normalized spacial score (nSPS) is 11.7. The first kappa shape index (κ1) is 26.3. The van der Waals surface area contributed by atoms with Crippen LogP contribution in [0.15, 0.2) is 47.5 Å². The van der Waals surface area contributed by atoms with Gasteiger partial charge in [0.1, 0.15) is 17.2 Å². The van der Waals surface area contributed by atoms with Crippen molar-refractivity contribution in [2.45, 2.75) is 26.4 Å². The van der Waals surface area contributed by atoms with Gasteiger partial charge in [0.05, 0.1) is 26.8 Å². The first-order chi connectivity index (χ1) is 14.5. The van der Waals surface area contributed by atoms with Gasteiger partial charge in [-0.3, -0.25) is 4.79 Å². The second-order valence-electron chi connectivity index (χ2n) is 6.57. The molecule has 2 aromatic carbocycles. The Morgan fingerprint density at radius 1 is 1.13 bits per heavy atom. The predicted octanol–water partition coefficient (Wildman–Crippen LogP) is 3.00. The number of carbonyl (C=O) groups excluding carboxylic acids is 1. The summed E-state index contributed by atoms with van der Waals surface area (Å²) in [7, 11) is 3.28. The lowest BCUT2D eigenvalue weighted by Crippen LogP contribution is -2.38. The highest BCUT2D eigenvalue weighted by atomic mass is 127. The number of nitrogens with zero attached hydrogens (tertiary/aromatic N) is 1. The van der Waals surface area contributed by atoms with Crippen molar-refractivity contribution >= 4 is 35.8 Å². The lowest BCUT2D eigenvalue weighted by atomic mass is 10.1. The van der Waals surface area contributed by atoms with E-state index in [1.54, 1.807) is 20.3 Å². The quantitative estimate of drug-likeness (QED) is 0.242. The SMILES string of the molecule is CCNC(=NCc1cccc(OCC(N)=O)c1)NC(C)c1cc(OC)ccc1OC.I. The zero-order valence-electron chi connectivity index (χ0n) is 18.3. The van der Waals surface area contributed by atoms with Crippen molar-refractivity contribution in [3.05, 3.63) is 53.6 Å². The highest BCUT2D eigenvalue weighted by Gasteiger charge is 2.14. The number of amides is 1. The molecule has 4 N–H and O–H groups in total. The third kappa shape index (κ3) is 8.52. The third-order valence-corrected chi connectivity index (χ3v) is 4.30. The lowest BCUT2D eigenvalue weighted by Gasteiger charge is -2.21. The van der Waals surface area contributed by atoms with E-state index in [-0.39, 0.29) is 36.6 Å². The van der Waals surface area contributed by atoms with Gasteiger partial charge in [0.2, 0.25) is 0 Å². The van der Waals surface area contributed by atoms with E-state index in [0.29, 0.717) is 18.3 Å². The number of rotatable bonds is 10. The highest BCUT2D eigenvalue weighted by molar-refractivity contribution is 14.0. The molecule has 0 heterocycles. The van der Waals surface area contributed by atoms with Crippen LogP contribution >= 0.6 is 24.0 Å². The van der Waals surface area contributed by atoms with Gasteiger partial charge in [-0.1, -0.05) is 12.1 Å². The average Bonchev–Trinajstić information content (AvgIpc) is 2.76. The molecule has 0 aliphatic heterocycles. The van der Waals surface area contributed by atoms with Crippen LogP contribution in [0.4, 0.5) is 0 Å². The molecule has 0 aromatic heterocycles. The van der Waals surface area contributed by atoms with E-state index in [2.05, 4.69) is 15.6 Å². The Kier molecular flexibility index (Phi) is 11.5. The zero-order valence-corrected chi connectivity index (χ0v) is 20.6. The molecule has 1 unspecified atom stereocenters. The van der Waals surface area contributed by atoms with Crippen LogP contribution in [0.2, 0.25) is 0 Å². The number of guanidine groups is 1.